The van der Waals surface area contributed by atoms with E-state index in [1.807, 2.05) is 26.8 Å². The normalized spacial score (nSPS) is 12.2. The highest BCUT2D eigenvalue weighted by molar-refractivity contribution is 5.94. The van der Waals surface area contributed by atoms with Crippen LogP contribution in [0.25, 0.3) is 0 Å². The Hall–Kier alpha value is -2.23. The topological polar surface area (TPSA) is 62.5 Å². The van der Waals surface area contributed by atoms with Crippen LogP contribution in [0.1, 0.15) is 40.4 Å². The molecule has 0 aliphatic heterocycles. The summed E-state index contributed by atoms with van der Waals surface area (Å²) in [6.07, 6.45) is 0. The van der Waals surface area contributed by atoms with Crippen LogP contribution in [0.2, 0.25) is 0 Å². The number of furan rings is 1. The molecule has 0 aliphatic carbocycles. The van der Waals surface area contributed by atoms with Gasteiger partial charge in [-0.3, -0.25) is 4.79 Å². The molecule has 0 bridgehead atoms. The number of rotatable bonds is 3. The maximum Gasteiger partial charge on any atom is 0.251 e. The van der Waals surface area contributed by atoms with Gasteiger partial charge in [0.05, 0.1) is 6.04 Å². The molecule has 1 aromatic heterocycles. The summed E-state index contributed by atoms with van der Waals surface area (Å²) in [6.45, 7) is 5.65. The van der Waals surface area contributed by atoms with E-state index in [-0.39, 0.29) is 17.7 Å². The average molecular weight is 259 g/mol. The van der Waals surface area contributed by atoms with E-state index < -0.39 is 0 Å². The van der Waals surface area contributed by atoms with Crippen molar-refractivity contribution in [1.82, 2.24) is 5.32 Å². The van der Waals surface area contributed by atoms with Crippen molar-refractivity contribution in [2.45, 2.75) is 26.8 Å². The van der Waals surface area contributed by atoms with Crippen molar-refractivity contribution in [3.8, 4) is 5.75 Å². The number of carbonyl (C=O) groups is 1. The second kappa shape index (κ2) is 5.18. The highest BCUT2D eigenvalue weighted by Gasteiger charge is 2.16. The molecular weight excluding hydrogens is 242 g/mol. The third-order valence-electron chi connectivity index (χ3n) is 3.00. The fourth-order valence-corrected chi connectivity index (χ4v) is 2.09. The van der Waals surface area contributed by atoms with Gasteiger partial charge in [-0.05, 0) is 45.0 Å². The van der Waals surface area contributed by atoms with E-state index in [0.29, 0.717) is 5.56 Å². The average Bonchev–Trinajstić information content (AvgIpc) is 2.68. The number of nitrogens with one attached hydrogen (secondary N) is 1. The van der Waals surface area contributed by atoms with Crippen molar-refractivity contribution in [2.24, 2.45) is 0 Å². The molecule has 0 saturated heterocycles. The Balaban J connectivity index is 2.13. The second-order valence-corrected chi connectivity index (χ2v) is 4.61. The lowest BCUT2D eigenvalue weighted by molar-refractivity contribution is 0.0939. The Bertz CT molecular complexity index is 601. The molecule has 1 unspecified atom stereocenters. The highest BCUT2D eigenvalue weighted by atomic mass is 16.3. The molecule has 4 heteroatoms. The Morgan fingerprint density at radius 3 is 2.63 bits per heavy atom. The van der Waals surface area contributed by atoms with E-state index in [0.717, 1.165) is 17.1 Å². The van der Waals surface area contributed by atoms with Gasteiger partial charge in [-0.1, -0.05) is 6.07 Å². The van der Waals surface area contributed by atoms with Crippen LogP contribution >= 0.6 is 0 Å². The maximum absolute atomic E-state index is 12.0. The Morgan fingerprint density at radius 2 is 2.05 bits per heavy atom. The van der Waals surface area contributed by atoms with Gasteiger partial charge in [0, 0.05) is 11.1 Å². The quantitative estimate of drug-likeness (QED) is 0.890. The van der Waals surface area contributed by atoms with Crippen LogP contribution in [-0.4, -0.2) is 11.0 Å². The Labute approximate surface area is 112 Å². The van der Waals surface area contributed by atoms with E-state index in [9.17, 15) is 9.90 Å². The molecule has 1 atom stereocenters. The largest absolute Gasteiger partial charge is 0.508 e. The summed E-state index contributed by atoms with van der Waals surface area (Å²) in [5.41, 5.74) is 1.40. The molecule has 4 nitrogen and oxygen atoms in total. The fourth-order valence-electron chi connectivity index (χ4n) is 2.09. The van der Waals surface area contributed by atoms with Crippen molar-refractivity contribution in [1.29, 1.82) is 0 Å². The van der Waals surface area contributed by atoms with Crippen LogP contribution in [0, 0.1) is 13.8 Å². The van der Waals surface area contributed by atoms with Gasteiger partial charge in [0.15, 0.2) is 0 Å². The molecule has 0 fully saturated rings. The molecule has 2 rings (SSSR count). The summed E-state index contributed by atoms with van der Waals surface area (Å²) in [5, 5.41) is 12.2. The first kappa shape index (κ1) is 13.2. The lowest BCUT2D eigenvalue weighted by Crippen LogP contribution is -2.26. The van der Waals surface area contributed by atoms with Crippen LogP contribution in [-0.2, 0) is 0 Å². The molecule has 2 N–H and O–H groups in total. The predicted molar refractivity (Wildman–Crippen MR) is 72.2 cm³/mol. The fraction of sp³-hybridized carbons (Fsp3) is 0.267. The summed E-state index contributed by atoms with van der Waals surface area (Å²) in [7, 11) is 0. The summed E-state index contributed by atoms with van der Waals surface area (Å²) >= 11 is 0. The number of phenols is 1. The molecule has 0 aliphatic rings. The molecular formula is C15H17NO3. The number of aryl methyl sites for hydroxylation is 2. The maximum atomic E-state index is 12.0. The monoisotopic (exact) mass is 259 g/mol. The van der Waals surface area contributed by atoms with E-state index in [4.69, 9.17) is 4.42 Å². The van der Waals surface area contributed by atoms with Gasteiger partial charge < -0.3 is 14.8 Å². The minimum Gasteiger partial charge on any atom is -0.508 e. The standard InChI is InChI=1S/C15H17NO3/c1-9-7-14(11(3)19-9)10(2)16-15(18)12-5-4-6-13(17)8-12/h4-8,10,17H,1-3H3,(H,16,18). The van der Waals surface area contributed by atoms with Crippen molar-refractivity contribution in [3.63, 3.8) is 0 Å². The smallest absolute Gasteiger partial charge is 0.251 e. The van der Waals surface area contributed by atoms with E-state index in [1.165, 1.54) is 12.1 Å². The van der Waals surface area contributed by atoms with E-state index in [2.05, 4.69) is 5.32 Å². The number of phenolic OH excluding ortho intramolecular Hbond substituents is 1. The van der Waals surface area contributed by atoms with Crippen molar-refractivity contribution < 1.29 is 14.3 Å². The third-order valence-corrected chi connectivity index (χ3v) is 3.00. The predicted octanol–water partition coefficient (Wildman–Crippen LogP) is 3.09. The van der Waals surface area contributed by atoms with Gasteiger partial charge in [-0.15, -0.1) is 0 Å². The molecule has 0 spiro atoms. The SMILES string of the molecule is Cc1cc(C(C)NC(=O)c2cccc(O)c2)c(C)o1. The van der Waals surface area contributed by atoms with Crippen molar-refractivity contribution >= 4 is 5.91 Å². The number of carbonyl (C=O) groups excluding carboxylic acids is 1. The van der Waals surface area contributed by atoms with Gasteiger partial charge in [0.2, 0.25) is 0 Å². The molecule has 19 heavy (non-hydrogen) atoms. The number of benzene rings is 1. The first-order valence-electron chi connectivity index (χ1n) is 6.14. The molecule has 1 aromatic carbocycles. The molecule has 0 radical (unpaired) electrons. The molecule has 0 saturated carbocycles. The van der Waals surface area contributed by atoms with E-state index >= 15 is 0 Å². The van der Waals surface area contributed by atoms with Gasteiger partial charge in [0.25, 0.3) is 5.91 Å². The summed E-state index contributed by atoms with van der Waals surface area (Å²) in [4.78, 5) is 12.0. The number of hydrogen-bond acceptors (Lipinski definition) is 3. The summed E-state index contributed by atoms with van der Waals surface area (Å²) in [5.74, 6) is 1.49. The second-order valence-electron chi connectivity index (χ2n) is 4.61. The third kappa shape index (κ3) is 2.96. The van der Waals surface area contributed by atoms with Gasteiger partial charge in [-0.25, -0.2) is 0 Å². The molecule has 100 valence electrons. The first-order chi connectivity index (χ1) is 8.97. The van der Waals surface area contributed by atoms with E-state index in [1.54, 1.807) is 12.1 Å². The Kier molecular flexibility index (Phi) is 3.60. The molecule has 2 aromatic rings. The summed E-state index contributed by atoms with van der Waals surface area (Å²) in [6, 6.07) is 8.05. The zero-order chi connectivity index (χ0) is 14.0. The lowest BCUT2D eigenvalue weighted by Gasteiger charge is -2.13. The van der Waals surface area contributed by atoms with Crippen LogP contribution in [0.15, 0.2) is 34.7 Å². The number of amides is 1. The molecule has 1 amide bonds. The highest BCUT2D eigenvalue weighted by Crippen LogP contribution is 2.21. The van der Waals surface area contributed by atoms with Crippen LogP contribution < -0.4 is 5.32 Å². The van der Waals surface area contributed by atoms with Gasteiger partial charge in [-0.2, -0.15) is 0 Å². The lowest BCUT2D eigenvalue weighted by atomic mass is 10.1. The van der Waals surface area contributed by atoms with Crippen LogP contribution in [0.3, 0.4) is 0 Å². The number of hydrogen-bond donors (Lipinski definition) is 2. The molecule has 1 heterocycles. The van der Waals surface area contributed by atoms with Crippen molar-refractivity contribution in [3.05, 3.63) is 53.0 Å². The van der Waals surface area contributed by atoms with Gasteiger partial charge in [0.1, 0.15) is 17.3 Å². The van der Waals surface area contributed by atoms with Crippen LogP contribution in [0.5, 0.6) is 5.75 Å². The first-order valence-corrected chi connectivity index (χ1v) is 6.14. The van der Waals surface area contributed by atoms with Crippen LogP contribution in [0.4, 0.5) is 0 Å². The minimum absolute atomic E-state index is 0.0793. The summed E-state index contributed by atoms with van der Waals surface area (Å²) < 4.78 is 5.45. The minimum atomic E-state index is -0.221. The number of aromatic hydroxyl groups is 1. The Morgan fingerprint density at radius 1 is 1.32 bits per heavy atom. The zero-order valence-corrected chi connectivity index (χ0v) is 11.2. The zero-order valence-electron chi connectivity index (χ0n) is 11.2. The van der Waals surface area contributed by atoms with Crippen molar-refractivity contribution in [2.75, 3.05) is 0 Å². The van der Waals surface area contributed by atoms with Gasteiger partial charge >= 0.3 is 0 Å².